The van der Waals surface area contributed by atoms with Gasteiger partial charge in [0.05, 0.1) is 0 Å². The molecule has 0 aliphatic carbocycles. The Kier molecular flexibility index (Phi) is 5.37. The smallest absolute Gasteiger partial charge is 0.249 e. The molecule has 0 aromatic rings. The highest BCUT2D eigenvalue weighted by Gasteiger charge is 2.34. The Labute approximate surface area is 107 Å². The predicted octanol–water partition coefficient (Wildman–Crippen LogP) is 0.444. The van der Waals surface area contributed by atoms with E-state index >= 15 is 0 Å². The summed E-state index contributed by atoms with van der Waals surface area (Å²) >= 11 is 0. The lowest BCUT2D eigenvalue weighted by atomic mass is 10.1. The van der Waals surface area contributed by atoms with Crippen LogP contribution in [-0.4, -0.2) is 35.2 Å². The minimum absolute atomic E-state index is 0.0295. The Morgan fingerprint density at radius 3 is 2.83 bits per heavy atom. The Bertz CT molecular complexity index is 384. The second-order valence-corrected chi connectivity index (χ2v) is 4.27. The van der Waals surface area contributed by atoms with Crippen LogP contribution in [0.25, 0.3) is 0 Å². The molecule has 0 radical (unpaired) electrons. The summed E-state index contributed by atoms with van der Waals surface area (Å²) in [6.45, 7) is 1.79. The van der Waals surface area contributed by atoms with Crippen molar-refractivity contribution < 1.29 is 14.4 Å². The fourth-order valence-corrected chi connectivity index (χ4v) is 1.98. The molecular weight excluding hydrogens is 232 g/mol. The second-order valence-electron chi connectivity index (χ2n) is 4.27. The molecule has 5 heteroatoms. The van der Waals surface area contributed by atoms with Crippen LogP contribution in [0.4, 0.5) is 0 Å². The maximum Gasteiger partial charge on any atom is 0.249 e. The van der Waals surface area contributed by atoms with Gasteiger partial charge in [-0.25, -0.2) is 0 Å². The average Bonchev–Trinajstić information content (AvgIpc) is 2.33. The number of hydrogen-bond acceptors (Lipinski definition) is 3. The number of nitrogens with one attached hydrogen (secondary N) is 1. The van der Waals surface area contributed by atoms with E-state index in [0.29, 0.717) is 25.7 Å². The molecule has 1 aliphatic heterocycles. The van der Waals surface area contributed by atoms with E-state index in [1.807, 2.05) is 6.92 Å². The molecule has 98 valence electrons. The van der Waals surface area contributed by atoms with E-state index in [0.717, 1.165) is 6.42 Å². The van der Waals surface area contributed by atoms with Crippen LogP contribution in [0.1, 0.15) is 39.0 Å². The number of carbonyl (C=O) groups is 3. The first-order valence-electron chi connectivity index (χ1n) is 6.16. The van der Waals surface area contributed by atoms with Crippen molar-refractivity contribution in [2.75, 3.05) is 6.54 Å². The number of amides is 3. The maximum absolute atomic E-state index is 12.0. The van der Waals surface area contributed by atoms with Gasteiger partial charge in [0.25, 0.3) is 0 Å². The largest absolute Gasteiger partial charge is 0.321 e. The van der Waals surface area contributed by atoms with Crippen LogP contribution in [0, 0.1) is 12.3 Å². The Balaban J connectivity index is 2.55. The van der Waals surface area contributed by atoms with Gasteiger partial charge in [0, 0.05) is 12.8 Å². The summed E-state index contributed by atoms with van der Waals surface area (Å²) in [7, 11) is 0. The van der Waals surface area contributed by atoms with Gasteiger partial charge in [-0.3, -0.25) is 19.7 Å². The van der Waals surface area contributed by atoms with E-state index in [9.17, 15) is 14.4 Å². The van der Waals surface area contributed by atoms with Gasteiger partial charge in [-0.15, -0.1) is 12.3 Å². The van der Waals surface area contributed by atoms with Gasteiger partial charge in [-0.05, 0) is 19.3 Å². The molecule has 1 unspecified atom stereocenters. The molecule has 1 rings (SSSR count). The molecule has 0 saturated carbocycles. The van der Waals surface area contributed by atoms with Gasteiger partial charge in [-0.2, -0.15) is 0 Å². The SMILES string of the molecule is C#CCCCCC(=O)N1CC(=O)NC(=O)C1CC. The summed E-state index contributed by atoms with van der Waals surface area (Å²) < 4.78 is 0. The number of hydrogen-bond donors (Lipinski definition) is 1. The lowest BCUT2D eigenvalue weighted by molar-refractivity contribution is -0.150. The molecule has 1 saturated heterocycles. The van der Waals surface area contributed by atoms with E-state index < -0.39 is 11.9 Å². The molecular formula is C13H18N2O3. The number of rotatable bonds is 5. The summed E-state index contributed by atoms with van der Waals surface area (Å²) in [4.78, 5) is 36.2. The fraction of sp³-hybridized carbons (Fsp3) is 0.615. The van der Waals surface area contributed by atoms with Crippen molar-refractivity contribution in [1.29, 1.82) is 0 Å². The number of nitrogens with zero attached hydrogens (tertiary/aromatic N) is 1. The minimum Gasteiger partial charge on any atom is -0.321 e. The Morgan fingerprint density at radius 2 is 2.22 bits per heavy atom. The number of imide groups is 1. The van der Waals surface area contributed by atoms with Gasteiger partial charge in [0.2, 0.25) is 17.7 Å². The highest BCUT2D eigenvalue weighted by atomic mass is 16.2. The zero-order chi connectivity index (χ0) is 13.5. The van der Waals surface area contributed by atoms with Crippen molar-refractivity contribution in [3.8, 4) is 12.3 Å². The minimum atomic E-state index is -0.525. The van der Waals surface area contributed by atoms with Gasteiger partial charge in [-0.1, -0.05) is 6.92 Å². The monoisotopic (exact) mass is 250 g/mol. The molecule has 1 N–H and O–H groups in total. The summed E-state index contributed by atoms with van der Waals surface area (Å²) in [6, 6.07) is -0.525. The molecule has 3 amide bonds. The molecule has 0 bridgehead atoms. The third-order valence-electron chi connectivity index (χ3n) is 2.92. The van der Waals surface area contributed by atoms with Crippen LogP contribution < -0.4 is 5.32 Å². The lowest BCUT2D eigenvalue weighted by Gasteiger charge is -2.33. The van der Waals surface area contributed by atoms with E-state index in [2.05, 4.69) is 11.2 Å². The maximum atomic E-state index is 12.0. The van der Waals surface area contributed by atoms with Gasteiger partial charge in [0.15, 0.2) is 0 Å². The number of unbranched alkanes of at least 4 members (excludes halogenated alkanes) is 2. The summed E-state index contributed by atoms with van der Waals surface area (Å²) in [5.74, 6) is 1.56. The van der Waals surface area contributed by atoms with Gasteiger partial charge in [0.1, 0.15) is 12.6 Å². The van der Waals surface area contributed by atoms with Crippen LogP contribution in [0.5, 0.6) is 0 Å². The zero-order valence-electron chi connectivity index (χ0n) is 10.6. The molecule has 1 fully saturated rings. The van der Waals surface area contributed by atoms with Gasteiger partial charge < -0.3 is 4.90 Å². The van der Waals surface area contributed by atoms with Crippen molar-refractivity contribution >= 4 is 17.7 Å². The molecule has 0 aromatic heterocycles. The van der Waals surface area contributed by atoms with E-state index in [1.165, 1.54) is 4.90 Å². The van der Waals surface area contributed by atoms with Crippen molar-refractivity contribution in [3.63, 3.8) is 0 Å². The lowest BCUT2D eigenvalue weighted by Crippen LogP contribution is -2.59. The first kappa shape index (κ1) is 14.2. The van der Waals surface area contributed by atoms with E-state index in [1.54, 1.807) is 0 Å². The molecule has 1 aliphatic rings. The summed E-state index contributed by atoms with van der Waals surface area (Å²) in [5, 5.41) is 2.24. The first-order chi connectivity index (χ1) is 8.60. The highest BCUT2D eigenvalue weighted by Crippen LogP contribution is 2.12. The van der Waals surface area contributed by atoms with Crippen LogP contribution in [0.3, 0.4) is 0 Å². The molecule has 0 aromatic carbocycles. The number of terminal acetylenes is 1. The van der Waals surface area contributed by atoms with Crippen LogP contribution in [0.2, 0.25) is 0 Å². The van der Waals surface area contributed by atoms with Gasteiger partial charge >= 0.3 is 0 Å². The second kappa shape index (κ2) is 6.80. The van der Waals surface area contributed by atoms with Crippen molar-refractivity contribution in [1.82, 2.24) is 10.2 Å². The topological polar surface area (TPSA) is 66.5 Å². The summed E-state index contributed by atoms with van der Waals surface area (Å²) in [6.07, 6.45) is 8.08. The Morgan fingerprint density at radius 1 is 1.50 bits per heavy atom. The normalized spacial score (nSPS) is 19.3. The molecule has 5 nitrogen and oxygen atoms in total. The average molecular weight is 250 g/mol. The summed E-state index contributed by atoms with van der Waals surface area (Å²) in [5.41, 5.74) is 0. The predicted molar refractivity (Wildman–Crippen MR) is 66.2 cm³/mol. The van der Waals surface area contributed by atoms with Crippen LogP contribution >= 0.6 is 0 Å². The van der Waals surface area contributed by atoms with E-state index in [-0.39, 0.29) is 18.4 Å². The molecule has 18 heavy (non-hydrogen) atoms. The highest BCUT2D eigenvalue weighted by molar-refractivity contribution is 6.04. The molecule has 1 atom stereocenters. The van der Waals surface area contributed by atoms with Crippen LogP contribution in [0.15, 0.2) is 0 Å². The quantitative estimate of drug-likeness (QED) is 0.437. The van der Waals surface area contributed by atoms with Crippen molar-refractivity contribution in [3.05, 3.63) is 0 Å². The first-order valence-corrected chi connectivity index (χ1v) is 6.16. The van der Waals surface area contributed by atoms with E-state index in [4.69, 9.17) is 6.42 Å². The molecule has 0 spiro atoms. The third-order valence-corrected chi connectivity index (χ3v) is 2.92. The van der Waals surface area contributed by atoms with Crippen molar-refractivity contribution in [2.45, 2.75) is 45.1 Å². The number of carbonyl (C=O) groups excluding carboxylic acids is 3. The molecule has 1 heterocycles. The zero-order valence-corrected chi connectivity index (χ0v) is 10.6. The van der Waals surface area contributed by atoms with Crippen LogP contribution in [-0.2, 0) is 14.4 Å². The number of piperazine rings is 1. The standard InChI is InChI=1S/C13H18N2O3/c1-3-5-6-7-8-12(17)15-9-11(16)14-13(18)10(15)4-2/h1,10H,4-9H2,2H3,(H,14,16,18). The fourth-order valence-electron chi connectivity index (χ4n) is 1.98. The Hall–Kier alpha value is -1.83. The van der Waals surface area contributed by atoms with Crippen molar-refractivity contribution in [2.24, 2.45) is 0 Å². The third kappa shape index (κ3) is 3.59.